The van der Waals surface area contributed by atoms with E-state index in [1.54, 1.807) is 0 Å². The van der Waals surface area contributed by atoms with Crippen molar-refractivity contribution in [1.82, 2.24) is 0 Å². The molecular formula is C15H22BrNS. The SMILES string of the molecule is NC(CSC1CCCCC1)Cc1cccc(Br)c1. The molecule has 3 heteroatoms. The van der Waals surface area contributed by atoms with Crippen molar-refractivity contribution in [3.05, 3.63) is 34.3 Å². The Morgan fingerprint density at radius 1 is 1.28 bits per heavy atom. The molecule has 0 spiro atoms. The van der Waals surface area contributed by atoms with Crippen molar-refractivity contribution in [2.75, 3.05) is 5.75 Å². The fraction of sp³-hybridized carbons (Fsp3) is 0.600. The predicted octanol–water partition coefficient (Wildman–Crippen LogP) is 4.38. The molecule has 0 heterocycles. The van der Waals surface area contributed by atoms with Gasteiger partial charge < -0.3 is 5.73 Å². The van der Waals surface area contributed by atoms with Crippen molar-refractivity contribution in [2.24, 2.45) is 5.73 Å². The Kier molecular flexibility index (Phi) is 6.06. The van der Waals surface area contributed by atoms with Crippen LogP contribution >= 0.6 is 27.7 Å². The third kappa shape index (κ3) is 4.94. The number of nitrogens with two attached hydrogens (primary N) is 1. The maximum absolute atomic E-state index is 6.24. The van der Waals surface area contributed by atoms with E-state index in [1.807, 2.05) is 0 Å². The number of hydrogen-bond acceptors (Lipinski definition) is 2. The Bertz CT molecular complexity index is 363. The molecule has 1 saturated carbocycles. The summed E-state index contributed by atoms with van der Waals surface area (Å²) < 4.78 is 1.15. The molecule has 1 unspecified atom stereocenters. The Labute approximate surface area is 123 Å². The largest absolute Gasteiger partial charge is 0.327 e. The topological polar surface area (TPSA) is 26.0 Å². The lowest BCUT2D eigenvalue weighted by molar-refractivity contribution is 0.515. The van der Waals surface area contributed by atoms with Crippen LogP contribution in [0.3, 0.4) is 0 Å². The van der Waals surface area contributed by atoms with E-state index in [4.69, 9.17) is 5.73 Å². The lowest BCUT2D eigenvalue weighted by atomic mass is 10.0. The summed E-state index contributed by atoms with van der Waals surface area (Å²) in [5.41, 5.74) is 7.57. The first-order valence-electron chi connectivity index (χ1n) is 6.85. The Balaban J connectivity index is 1.72. The molecule has 1 fully saturated rings. The summed E-state index contributed by atoms with van der Waals surface area (Å²) in [4.78, 5) is 0. The van der Waals surface area contributed by atoms with E-state index in [0.29, 0.717) is 0 Å². The average molecular weight is 328 g/mol. The van der Waals surface area contributed by atoms with Crippen LogP contribution in [0.4, 0.5) is 0 Å². The molecule has 2 rings (SSSR count). The highest BCUT2D eigenvalue weighted by atomic mass is 79.9. The molecule has 1 nitrogen and oxygen atoms in total. The van der Waals surface area contributed by atoms with E-state index in [1.165, 1.54) is 37.7 Å². The van der Waals surface area contributed by atoms with E-state index in [2.05, 4.69) is 52.0 Å². The lowest BCUT2D eigenvalue weighted by Crippen LogP contribution is -2.27. The summed E-state index contributed by atoms with van der Waals surface area (Å²) in [5, 5.41) is 0.868. The van der Waals surface area contributed by atoms with Gasteiger partial charge in [-0.15, -0.1) is 0 Å². The zero-order chi connectivity index (χ0) is 12.8. The molecule has 0 saturated heterocycles. The molecule has 0 radical (unpaired) electrons. The summed E-state index contributed by atoms with van der Waals surface area (Å²) >= 11 is 5.60. The summed E-state index contributed by atoms with van der Waals surface area (Å²) in [7, 11) is 0. The molecule has 1 aliphatic carbocycles. The molecule has 0 aliphatic heterocycles. The van der Waals surface area contributed by atoms with E-state index in [-0.39, 0.29) is 6.04 Å². The second-order valence-corrected chi connectivity index (χ2v) is 7.44. The van der Waals surface area contributed by atoms with Crippen LogP contribution in [-0.4, -0.2) is 17.0 Å². The van der Waals surface area contributed by atoms with E-state index in [9.17, 15) is 0 Å². The Morgan fingerprint density at radius 3 is 2.78 bits per heavy atom. The molecule has 1 aliphatic rings. The van der Waals surface area contributed by atoms with Gasteiger partial charge >= 0.3 is 0 Å². The maximum Gasteiger partial charge on any atom is 0.0178 e. The van der Waals surface area contributed by atoms with Crippen LogP contribution < -0.4 is 5.73 Å². The van der Waals surface area contributed by atoms with Gasteiger partial charge in [-0.3, -0.25) is 0 Å². The summed E-state index contributed by atoms with van der Waals surface area (Å²) in [6.07, 6.45) is 8.04. The number of rotatable bonds is 5. The second-order valence-electron chi connectivity index (χ2n) is 5.19. The van der Waals surface area contributed by atoms with Crippen molar-refractivity contribution in [2.45, 2.75) is 49.8 Å². The van der Waals surface area contributed by atoms with Gasteiger partial charge in [-0.1, -0.05) is 47.3 Å². The van der Waals surface area contributed by atoms with E-state index < -0.39 is 0 Å². The van der Waals surface area contributed by atoms with Gasteiger partial charge in [-0.2, -0.15) is 11.8 Å². The van der Waals surface area contributed by atoms with Crippen LogP contribution in [0.1, 0.15) is 37.7 Å². The lowest BCUT2D eigenvalue weighted by Gasteiger charge is -2.22. The third-order valence-corrected chi connectivity index (χ3v) is 5.54. The van der Waals surface area contributed by atoms with Gasteiger partial charge in [-0.25, -0.2) is 0 Å². The quantitative estimate of drug-likeness (QED) is 0.868. The highest BCUT2D eigenvalue weighted by molar-refractivity contribution is 9.10. The molecule has 0 amide bonds. The van der Waals surface area contributed by atoms with Gasteiger partial charge in [0, 0.05) is 21.5 Å². The molecule has 2 N–H and O–H groups in total. The fourth-order valence-electron chi connectivity index (χ4n) is 2.52. The van der Waals surface area contributed by atoms with Crippen LogP contribution in [0.15, 0.2) is 28.7 Å². The van der Waals surface area contributed by atoms with Crippen LogP contribution in [0, 0.1) is 0 Å². The molecule has 100 valence electrons. The van der Waals surface area contributed by atoms with Crippen LogP contribution in [0.25, 0.3) is 0 Å². The van der Waals surface area contributed by atoms with Gasteiger partial charge in [0.1, 0.15) is 0 Å². The minimum atomic E-state index is 0.284. The van der Waals surface area contributed by atoms with E-state index in [0.717, 1.165) is 21.9 Å². The molecule has 18 heavy (non-hydrogen) atoms. The van der Waals surface area contributed by atoms with Gasteiger partial charge in [0.05, 0.1) is 0 Å². The highest BCUT2D eigenvalue weighted by Gasteiger charge is 2.15. The standard InChI is InChI=1S/C15H22BrNS/c16-13-6-4-5-12(9-13)10-14(17)11-18-15-7-2-1-3-8-15/h4-6,9,14-15H,1-3,7-8,10-11,17H2. The molecule has 1 aromatic carbocycles. The average Bonchev–Trinajstić information content (AvgIpc) is 2.38. The van der Waals surface area contributed by atoms with Crippen molar-refractivity contribution in [3.8, 4) is 0 Å². The highest BCUT2D eigenvalue weighted by Crippen LogP contribution is 2.28. The predicted molar refractivity (Wildman–Crippen MR) is 85.2 cm³/mol. The monoisotopic (exact) mass is 327 g/mol. The smallest absolute Gasteiger partial charge is 0.0178 e. The molecule has 0 bridgehead atoms. The Morgan fingerprint density at radius 2 is 2.06 bits per heavy atom. The number of hydrogen-bond donors (Lipinski definition) is 1. The molecule has 1 atom stereocenters. The molecular weight excluding hydrogens is 306 g/mol. The van der Waals surface area contributed by atoms with Crippen molar-refractivity contribution in [3.63, 3.8) is 0 Å². The fourth-order valence-corrected chi connectivity index (χ4v) is 4.27. The van der Waals surface area contributed by atoms with Crippen LogP contribution in [0.5, 0.6) is 0 Å². The van der Waals surface area contributed by atoms with Gasteiger partial charge in [-0.05, 0) is 37.0 Å². The van der Waals surface area contributed by atoms with Gasteiger partial charge in [0.25, 0.3) is 0 Å². The third-order valence-electron chi connectivity index (χ3n) is 3.49. The molecule has 0 aromatic heterocycles. The van der Waals surface area contributed by atoms with Crippen molar-refractivity contribution in [1.29, 1.82) is 0 Å². The van der Waals surface area contributed by atoms with Gasteiger partial charge in [0.2, 0.25) is 0 Å². The first-order chi connectivity index (χ1) is 8.74. The summed E-state index contributed by atoms with van der Waals surface area (Å²) in [6.45, 7) is 0. The minimum Gasteiger partial charge on any atom is -0.327 e. The van der Waals surface area contributed by atoms with Crippen molar-refractivity contribution < 1.29 is 0 Å². The van der Waals surface area contributed by atoms with Crippen molar-refractivity contribution >= 4 is 27.7 Å². The van der Waals surface area contributed by atoms with Crippen LogP contribution in [-0.2, 0) is 6.42 Å². The summed E-state index contributed by atoms with van der Waals surface area (Å²) in [5.74, 6) is 1.09. The number of halogens is 1. The number of thioether (sulfide) groups is 1. The molecule has 1 aromatic rings. The number of benzene rings is 1. The Hall–Kier alpha value is 0.01000. The zero-order valence-corrected chi connectivity index (χ0v) is 13.2. The normalized spacial score (nSPS) is 18.8. The zero-order valence-electron chi connectivity index (χ0n) is 10.8. The second kappa shape index (κ2) is 7.56. The summed E-state index contributed by atoms with van der Waals surface area (Å²) in [6, 6.07) is 8.76. The first-order valence-corrected chi connectivity index (χ1v) is 8.70. The maximum atomic E-state index is 6.24. The van der Waals surface area contributed by atoms with Gasteiger partial charge in [0.15, 0.2) is 0 Å². The minimum absolute atomic E-state index is 0.284. The van der Waals surface area contributed by atoms with E-state index >= 15 is 0 Å². The van der Waals surface area contributed by atoms with Crippen LogP contribution in [0.2, 0.25) is 0 Å². The first kappa shape index (κ1) is 14.4.